The minimum Gasteiger partial charge on any atom is -0.201 e. The van der Waals surface area contributed by atoms with E-state index in [1.165, 1.54) is 52.2 Å². The minimum atomic E-state index is -2.65. The number of benzene rings is 5. The first kappa shape index (κ1) is 40.6. The molecule has 3 unspecified atom stereocenters. The standard InChI is InChI=1S/C19H26N.3C17H22N.C15H18N/c1-13(2)17-11-19(16-10-8-7-9-15(16)5)20(6)12-18(17)14(3)4;1-11-9-7-8-10-16(11)17-14(4)12(2)13(3)15(5)18(17)6;1-12(2)15-10-14(4)17(18(5)11-15)16-9-7-6-8-13(16)3;1-12(2)15-10-11-17(18(5)14(15)4)16-9-7-6-8-13(16)3;1-11-9-10-15(16(4)13(11)3)14-8-6-5-7-12(14)2/h7-14H,1-6H3;7-10H,1-6H3;2*6-12H,1-5H3;5-10H,1-4H3/q5*+1/i3D3,13D,14D;3D3,5D3;1D3,12D;1D3,4D3,12D;1D3,3D3. The van der Waals surface area contributed by atoms with Crippen LogP contribution in [0.1, 0.15) is 212 Å². The van der Waals surface area contributed by atoms with Gasteiger partial charge in [-0.2, -0.15) is 13.7 Å². The van der Waals surface area contributed by atoms with Crippen LogP contribution in [0.25, 0.3) is 56.3 Å². The van der Waals surface area contributed by atoms with E-state index in [0.29, 0.717) is 33.6 Å². The highest BCUT2D eigenvalue weighted by Crippen LogP contribution is 2.32. The van der Waals surface area contributed by atoms with Crippen molar-refractivity contribution in [1.82, 2.24) is 0 Å². The molecule has 0 saturated heterocycles. The van der Waals surface area contributed by atoms with Gasteiger partial charge in [0.15, 0.2) is 29.5 Å². The molecule has 5 aromatic carbocycles. The summed E-state index contributed by atoms with van der Waals surface area (Å²) in [4.78, 5) is 0. The van der Waals surface area contributed by atoms with E-state index in [0.717, 1.165) is 78.3 Å². The number of aryl methyl sites for hydroxylation is 9. The van der Waals surface area contributed by atoms with Gasteiger partial charge in [0.25, 0.3) is 0 Å². The Morgan fingerprint density at radius 1 is 0.311 bits per heavy atom. The molecule has 5 heterocycles. The van der Waals surface area contributed by atoms with Crippen LogP contribution in [0.5, 0.6) is 0 Å². The molecule has 0 radical (unpaired) electrons. The number of nitrogens with zero attached hydrogens (tertiary/aromatic N) is 5. The normalized spacial score (nSPS) is 18.7. The van der Waals surface area contributed by atoms with E-state index in [9.17, 15) is 0 Å². The largest absolute Gasteiger partial charge is 0.215 e. The molecule has 5 nitrogen and oxygen atoms in total. The second-order valence-electron chi connectivity index (χ2n) is 23.4. The maximum atomic E-state index is 8.51. The lowest BCUT2D eigenvalue weighted by molar-refractivity contribution is -0.667. The second kappa shape index (κ2) is 31.5. The van der Waals surface area contributed by atoms with Crippen LogP contribution in [0.4, 0.5) is 0 Å². The Kier molecular flexibility index (Phi) is 14.2. The molecule has 10 rings (SSSR count). The molecule has 90 heavy (non-hydrogen) atoms. The molecular weight excluding hydrogens is 1090 g/mol. The zero-order chi connectivity index (χ0) is 90.3. The molecule has 5 heteroatoms. The number of aromatic nitrogens is 5. The smallest absolute Gasteiger partial charge is 0.201 e. The molecule has 0 aliphatic rings. The van der Waals surface area contributed by atoms with E-state index in [-0.39, 0.29) is 33.8 Å². The molecule has 0 aliphatic carbocycles. The lowest BCUT2D eigenvalue weighted by Gasteiger charge is -2.16. The van der Waals surface area contributed by atoms with E-state index >= 15 is 0 Å². The first-order chi connectivity index (χ1) is 53.5. The number of pyridine rings is 5. The van der Waals surface area contributed by atoms with Crippen molar-refractivity contribution in [2.24, 2.45) is 35.2 Å². The molecule has 3 atom stereocenters. The van der Waals surface area contributed by atoms with Crippen LogP contribution in [0.15, 0.2) is 170 Å². The third-order valence-electron chi connectivity index (χ3n) is 16.5. The highest BCUT2D eigenvalue weighted by atomic mass is 15.0. The Balaban J connectivity index is 0.000000229. The van der Waals surface area contributed by atoms with Crippen LogP contribution < -0.4 is 22.8 Å². The fraction of sp³-hybridized carbons (Fsp3) is 0.353. The highest BCUT2D eigenvalue weighted by Gasteiger charge is 2.25. The summed E-state index contributed by atoms with van der Waals surface area (Å²) in [5.41, 5.74) is 17.2. The summed E-state index contributed by atoms with van der Waals surface area (Å²) in [6.07, 6.45) is 3.46. The molecule has 5 aromatic heterocycles. The molecule has 0 fully saturated rings. The molecule has 0 bridgehead atoms. The van der Waals surface area contributed by atoms with Crippen molar-refractivity contribution >= 4 is 0 Å². The molecule has 0 aliphatic heterocycles. The Labute approximate surface area is 584 Å². The maximum Gasteiger partial charge on any atom is 0.215 e. The van der Waals surface area contributed by atoms with E-state index in [1.54, 1.807) is 66.4 Å². The molecule has 0 amide bonds. The molecule has 10 aromatic rings. The van der Waals surface area contributed by atoms with Gasteiger partial charge >= 0.3 is 0 Å². The van der Waals surface area contributed by atoms with Gasteiger partial charge in [0.2, 0.25) is 28.5 Å². The van der Waals surface area contributed by atoms with Crippen molar-refractivity contribution in [3.63, 3.8) is 0 Å². The minimum absolute atomic E-state index is 0.00710. The topological polar surface area (TPSA) is 19.4 Å². The van der Waals surface area contributed by atoms with Crippen molar-refractivity contribution in [1.29, 1.82) is 0 Å². The predicted octanol–water partition coefficient (Wildman–Crippen LogP) is 19.4. The fourth-order valence-corrected chi connectivity index (χ4v) is 11.0. The van der Waals surface area contributed by atoms with E-state index in [2.05, 4.69) is 19.1 Å². The van der Waals surface area contributed by atoms with Crippen molar-refractivity contribution in [2.45, 2.75) is 168 Å². The zero-order valence-electron chi connectivity index (χ0n) is 83.9. The van der Waals surface area contributed by atoms with Crippen LogP contribution in [0.3, 0.4) is 0 Å². The third-order valence-corrected chi connectivity index (χ3v) is 16.5. The Morgan fingerprint density at radius 3 is 1.20 bits per heavy atom. The van der Waals surface area contributed by atoms with Gasteiger partial charge in [0.1, 0.15) is 35.2 Å². The molecule has 0 saturated carbocycles. The average Bonchev–Trinajstić information content (AvgIpc) is 0.747. The number of hydrogen-bond acceptors (Lipinski definition) is 0. The van der Waals surface area contributed by atoms with Crippen LogP contribution in [0.2, 0.25) is 0 Å². The molecule has 0 spiro atoms. The molecule has 470 valence electrons. The predicted molar refractivity (Wildman–Crippen MR) is 383 cm³/mol. The van der Waals surface area contributed by atoms with Gasteiger partial charge < -0.3 is 0 Å². The lowest BCUT2D eigenvalue weighted by Crippen LogP contribution is -2.37. The summed E-state index contributed by atoms with van der Waals surface area (Å²) < 4.78 is 228. The van der Waals surface area contributed by atoms with Gasteiger partial charge in [-0.3, -0.25) is 0 Å². The first-order valence-corrected chi connectivity index (χ1v) is 30.0. The number of rotatable bonds is 9. The quantitative estimate of drug-likeness (QED) is 0.128. The summed E-state index contributed by atoms with van der Waals surface area (Å²) in [5.74, 6) is -6.46. The highest BCUT2D eigenvalue weighted by molar-refractivity contribution is 5.67. The van der Waals surface area contributed by atoms with E-state index in [1.807, 2.05) is 186 Å². The van der Waals surface area contributed by atoms with E-state index < -0.39 is 78.4 Å². The summed E-state index contributed by atoms with van der Waals surface area (Å²) in [5, 5.41) is 0. The monoisotopic (exact) mass is 1230 g/mol. The van der Waals surface area contributed by atoms with Crippen molar-refractivity contribution in [3.8, 4) is 56.3 Å². The van der Waals surface area contributed by atoms with Crippen LogP contribution in [0, 0.1) is 89.6 Å². The Hall–Kier alpha value is -8.15. The molecule has 0 N–H and O–H groups in total. The summed E-state index contributed by atoms with van der Waals surface area (Å²) >= 11 is 0. The molecular formula is C85H110N5+5. The summed E-state index contributed by atoms with van der Waals surface area (Å²) in [6.45, 7) is 2.90. The fourth-order valence-electron chi connectivity index (χ4n) is 11.0. The Morgan fingerprint density at radius 2 is 0.756 bits per heavy atom. The van der Waals surface area contributed by atoms with Crippen molar-refractivity contribution in [3.05, 3.63) is 265 Å². The van der Waals surface area contributed by atoms with E-state index in [4.69, 9.17) is 38.4 Å². The Bertz CT molecular complexity index is 5180. The average molecular weight is 1230 g/mol. The zero-order valence-corrected chi connectivity index (χ0v) is 55.9. The van der Waals surface area contributed by atoms with Crippen molar-refractivity contribution in [2.75, 3.05) is 0 Å². The van der Waals surface area contributed by atoms with Crippen LogP contribution in [-0.4, -0.2) is 0 Å². The van der Waals surface area contributed by atoms with Crippen molar-refractivity contribution < 1.29 is 61.2 Å². The first-order valence-electron chi connectivity index (χ1n) is 44.0. The third kappa shape index (κ3) is 16.6. The van der Waals surface area contributed by atoms with Gasteiger partial charge in [-0.1, -0.05) is 146 Å². The van der Waals surface area contributed by atoms with Crippen LogP contribution in [-0.2, 0) is 35.2 Å². The van der Waals surface area contributed by atoms with Gasteiger partial charge in [0, 0.05) is 144 Å². The second-order valence-corrected chi connectivity index (χ2v) is 23.4. The van der Waals surface area contributed by atoms with Gasteiger partial charge in [-0.05, 0) is 180 Å². The van der Waals surface area contributed by atoms with Gasteiger partial charge in [-0.15, -0.1) is 0 Å². The summed E-state index contributed by atoms with van der Waals surface area (Å²) in [6, 6.07) is 48.8. The van der Waals surface area contributed by atoms with Crippen LogP contribution >= 0.6 is 0 Å². The summed E-state index contributed by atoms with van der Waals surface area (Å²) in [7, 11) is 8.57. The van der Waals surface area contributed by atoms with Gasteiger partial charge in [0.05, 0.1) is 0 Å². The number of hydrogen-bond donors (Lipinski definition) is 0. The maximum absolute atomic E-state index is 8.51. The lowest BCUT2D eigenvalue weighted by atomic mass is 9.90. The SMILES string of the molecule is [2H]C(C)(C)c1cc(-c2ccccc2C)[n+](C)cc1C([2H])(C)C([2H])([2H])[2H].[2H]C([2H])([2H])C([2H])(C)c1cc(C)c(-c2ccccc2C)[n+](C)c1.[2H]C([2H])([2H])c1c(C([2H])(C)C([2H])([2H])[2H])ccc(-c2ccccc2C)[n+]1C.[2H]C([2H])([2H])c1c(C)c(C)c(-c2ccccc2C)[n+](C)c1C([2H])([2H])[2H].[2H]C([2H])([2H])c1ccc(-c2ccccc2C)[n+](C)c1C([2H])([2H])[2H]. The van der Waals surface area contributed by atoms with Gasteiger partial charge in [-0.25, -0.2) is 9.13 Å².